The lowest BCUT2D eigenvalue weighted by Crippen LogP contribution is -2.34. The Kier molecular flexibility index (Phi) is 3.31. The zero-order valence-electron chi connectivity index (χ0n) is 9.91. The minimum absolute atomic E-state index is 0.00352. The Morgan fingerprint density at radius 2 is 2.22 bits per heavy atom. The van der Waals surface area contributed by atoms with E-state index in [9.17, 15) is 9.18 Å². The summed E-state index contributed by atoms with van der Waals surface area (Å²) < 4.78 is 18.8. The first-order valence-corrected chi connectivity index (χ1v) is 5.81. The lowest BCUT2D eigenvalue weighted by Gasteiger charge is -2.18. The Bertz CT molecular complexity index is 492. The second-order valence-corrected chi connectivity index (χ2v) is 5.09. The maximum Gasteiger partial charge on any atom is 0.334 e. The number of aliphatic carboxylic acids is 1. The molecule has 2 atom stereocenters. The third-order valence-corrected chi connectivity index (χ3v) is 3.08. The normalized spacial score (nSPS) is 26.2. The number of rotatable bonds is 2. The van der Waals surface area contributed by atoms with Crippen molar-refractivity contribution in [2.45, 2.75) is 31.7 Å². The summed E-state index contributed by atoms with van der Waals surface area (Å²) in [5, 5.41) is 12.1. The second kappa shape index (κ2) is 4.50. The van der Waals surface area contributed by atoms with Crippen molar-refractivity contribution in [3.05, 3.63) is 34.6 Å². The van der Waals surface area contributed by atoms with Crippen molar-refractivity contribution in [1.82, 2.24) is 5.32 Å². The van der Waals surface area contributed by atoms with Crippen LogP contribution < -0.4 is 5.32 Å². The van der Waals surface area contributed by atoms with E-state index in [1.165, 1.54) is 12.1 Å². The van der Waals surface area contributed by atoms with Crippen LogP contribution in [-0.2, 0) is 9.53 Å². The van der Waals surface area contributed by atoms with Crippen LogP contribution in [0.1, 0.15) is 25.5 Å². The van der Waals surface area contributed by atoms with E-state index in [0.717, 1.165) is 0 Å². The lowest BCUT2D eigenvalue weighted by molar-refractivity contribution is -0.153. The van der Waals surface area contributed by atoms with Gasteiger partial charge in [0.1, 0.15) is 11.5 Å². The Morgan fingerprint density at radius 3 is 2.78 bits per heavy atom. The summed E-state index contributed by atoms with van der Waals surface area (Å²) in [6, 6.07) is 3.60. The number of nitrogens with one attached hydrogen (secondary N) is 1. The molecule has 98 valence electrons. The lowest BCUT2D eigenvalue weighted by atomic mass is 10.0. The highest BCUT2D eigenvalue weighted by atomic mass is 35.5. The van der Waals surface area contributed by atoms with Crippen molar-refractivity contribution < 1.29 is 19.0 Å². The summed E-state index contributed by atoms with van der Waals surface area (Å²) >= 11 is 5.60. The number of carbonyl (C=O) groups is 1. The van der Waals surface area contributed by atoms with Gasteiger partial charge in [-0.25, -0.2) is 9.18 Å². The van der Waals surface area contributed by atoms with Crippen molar-refractivity contribution >= 4 is 17.6 Å². The summed E-state index contributed by atoms with van der Waals surface area (Å²) in [5.41, 5.74) is -0.279. The topological polar surface area (TPSA) is 58.6 Å². The first-order valence-electron chi connectivity index (χ1n) is 5.43. The van der Waals surface area contributed by atoms with E-state index in [4.69, 9.17) is 21.4 Å². The molecular weight excluding hydrogens is 261 g/mol. The molecule has 1 saturated heterocycles. The van der Waals surface area contributed by atoms with Gasteiger partial charge in [0.15, 0.2) is 6.10 Å². The molecule has 2 N–H and O–H groups in total. The number of benzene rings is 1. The van der Waals surface area contributed by atoms with Crippen LogP contribution >= 0.6 is 11.6 Å². The van der Waals surface area contributed by atoms with E-state index in [1.807, 2.05) is 0 Å². The molecule has 0 amide bonds. The highest BCUT2D eigenvalue weighted by Gasteiger charge is 2.44. The van der Waals surface area contributed by atoms with E-state index < -0.39 is 29.7 Å². The summed E-state index contributed by atoms with van der Waals surface area (Å²) in [6.07, 6.45) is -1.06. The van der Waals surface area contributed by atoms with E-state index in [0.29, 0.717) is 5.56 Å². The standard InChI is InChI=1S/C12H13ClFNO3/c1-12(2)15-9(10(18-12)11(16)17)6-3-4-7(13)8(14)5-6/h3-5,9-10,15H,1-2H3,(H,16,17). The molecule has 0 spiro atoms. The number of ether oxygens (including phenoxy) is 1. The molecule has 2 rings (SSSR count). The maximum atomic E-state index is 13.4. The van der Waals surface area contributed by atoms with Crippen molar-refractivity contribution in [1.29, 1.82) is 0 Å². The molecule has 0 aromatic heterocycles. The minimum Gasteiger partial charge on any atom is -0.479 e. The zero-order valence-corrected chi connectivity index (χ0v) is 10.7. The van der Waals surface area contributed by atoms with Gasteiger partial charge in [0.05, 0.1) is 11.1 Å². The molecule has 6 heteroatoms. The van der Waals surface area contributed by atoms with E-state index >= 15 is 0 Å². The molecule has 0 aliphatic carbocycles. The number of hydrogen-bond acceptors (Lipinski definition) is 3. The highest BCUT2D eigenvalue weighted by Crippen LogP contribution is 2.33. The molecule has 18 heavy (non-hydrogen) atoms. The molecule has 1 aromatic rings. The minimum atomic E-state index is -1.09. The molecule has 4 nitrogen and oxygen atoms in total. The van der Waals surface area contributed by atoms with E-state index in [2.05, 4.69) is 5.32 Å². The van der Waals surface area contributed by atoms with Gasteiger partial charge >= 0.3 is 5.97 Å². The van der Waals surface area contributed by atoms with Gasteiger partial charge in [0, 0.05) is 0 Å². The fourth-order valence-electron chi connectivity index (χ4n) is 2.03. The van der Waals surface area contributed by atoms with Crippen LogP contribution in [0.4, 0.5) is 4.39 Å². The van der Waals surface area contributed by atoms with Gasteiger partial charge in [0.25, 0.3) is 0 Å². The third-order valence-electron chi connectivity index (χ3n) is 2.77. The van der Waals surface area contributed by atoms with Crippen LogP contribution in [0.25, 0.3) is 0 Å². The summed E-state index contributed by atoms with van der Waals surface area (Å²) in [6.45, 7) is 3.43. The van der Waals surface area contributed by atoms with Crippen LogP contribution in [0.3, 0.4) is 0 Å². The predicted molar refractivity (Wildman–Crippen MR) is 63.9 cm³/mol. The molecule has 1 aliphatic rings. The van der Waals surface area contributed by atoms with Gasteiger partial charge in [-0.05, 0) is 31.5 Å². The van der Waals surface area contributed by atoms with Gasteiger partial charge in [-0.3, -0.25) is 5.32 Å². The first kappa shape index (κ1) is 13.3. The van der Waals surface area contributed by atoms with Gasteiger partial charge in [-0.1, -0.05) is 17.7 Å². The molecule has 0 radical (unpaired) electrons. The molecule has 1 aromatic carbocycles. The third kappa shape index (κ3) is 2.48. The molecule has 0 bridgehead atoms. The quantitative estimate of drug-likeness (QED) is 0.868. The predicted octanol–water partition coefficient (Wildman–Crippen LogP) is 2.33. The Labute approximate surface area is 109 Å². The monoisotopic (exact) mass is 273 g/mol. The molecule has 1 heterocycles. The number of hydrogen-bond donors (Lipinski definition) is 2. The average Bonchev–Trinajstić information content (AvgIpc) is 2.59. The molecule has 1 aliphatic heterocycles. The zero-order chi connectivity index (χ0) is 13.5. The van der Waals surface area contributed by atoms with E-state index in [1.54, 1.807) is 19.9 Å². The first-order chi connectivity index (χ1) is 8.30. The fraction of sp³-hybridized carbons (Fsp3) is 0.417. The van der Waals surface area contributed by atoms with Gasteiger partial charge in [0.2, 0.25) is 0 Å². The van der Waals surface area contributed by atoms with Crippen LogP contribution in [0.2, 0.25) is 5.02 Å². The summed E-state index contributed by atoms with van der Waals surface area (Å²) in [7, 11) is 0. The maximum absolute atomic E-state index is 13.4. The number of halogens is 2. The Hall–Kier alpha value is -1.17. The second-order valence-electron chi connectivity index (χ2n) is 4.68. The summed E-state index contributed by atoms with van der Waals surface area (Å²) in [5.74, 6) is -1.67. The Morgan fingerprint density at radius 1 is 1.56 bits per heavy atom. The molecule has 2 unspecified atom stereocenters. The van der Waals surface area contributed by atoms with Crippen molar-refractivity contribution in [2.24, 2.45) is 0 Å². The number of carboxylic acid groups (broad SMARTS) is 1. The van der Waals surface area contributed by atoms with Crippen LogP contribution in [0.5, 0.6) is 0 Å². The molecule has 0 saturated carbocycles. The van der Waals surface area contributed by atoms with Crippen molar-refractivity contribution in [3.8, 4) is 0 Å². The van der Waals surface area contributed by atoms with Gasteiger partial charge < -0.3 is 9.84 Å². The van der Waals surface area contributed by atoms with Crippen molar-refractivity contribution in [2.75, 3.05) is 0 Å². The van der Waals surface area contributed by atoms with Gasteiger partial charge in [-0.15, -0.1) is 0 Å². The SMILES string of the molecule is CC1(C)NC(c2ccc(Cl)c(F)c2)C(C(=O)O)O1. The largest absolute Gasteiger partial charge is 0.479 e. The fourth-order valence-corrected chi connectivity index (χ4v) is 2.14. The van der Waals surface area contributed by atoms with Crippen LogP contribution in [-0.4, -0.2) is 22.9 Å². The Balaban J connectivity index is 2.36. The number of carboxylic acids is 1. The average molecular weight is 274 g/mol. The van der Waals surface area contributed by atoms with E-state index in [-0.39, 0.29) is 5.02 Å². The molecular formula is C12H13ClFNO3. The van der Waals surface area contributed by atoms with Crippen molar-refractivity contribution in [3.63, 3.8) is 0 Å². The molecule has 1 fully saturated rings. The smallest absolute Gasteiger partial charge is 0.334 e. The van der Waals surface area contributed by atoms with Crippen LogP contribution in [0, 0.1) is 5.82 Å². The van der Waals surface area contributed by atoms with Crippen LogP contribution in [0.15, 0.2) is 18.2 Å². The van der Waals surface area contributed by atoms with Gasteiger partial charge in [-0.2, -0.15) is 0 Å². The highest BCUT2D eigenvalue weighted by molar-refractivity contribution is 6.30. The summed E-state index contributed by atoms with van der Waals surface area (Å²) in [4.78, 5) is 11.1.